The lowest BCUT2D eigenvalue weighted by molar-refractivity contribution is 0.0894. The maximum absolute atomic E-state index is 4.75. The van der Waals surface area contributed by atoms with Crippen molar-refractivity contribution in [3.8, 4) is 0 Å². The molecule has 0 spiro atoms. The molecule has 2 rings (SSSR count). The lowest BCUT2D eigenvalue weighted by Crippen LogP contribution is -2.48. The minimum absolute atomic E-state index is 0.0247. The molecule has 0 aliphatic carbocycles. The Morgan fingerprint density at radius 1 is 1.19 bits per heavy atom. The summed E-state index contributed by atoms with van der Waals surface area (Å²) in [4.78, 5) is 9.81. The predicted molar refractivity (Wildman–Crippen MR) is 112 cm³/mol. The second kappa shape index (κ2) is 9.93. The van der Waals surface area contributed by atoms with Crippen molar-refractivity contribution in [2.75, 3.05) is 46.3 Å². The van der Waals surface area contributed by atoms with Gasteiger partial charge in [-0.2, -0.15) is 0 Å². The monoisotopic (exact) mass is 359 g/mol. The number of nitrogens with zero attached hydrogens (tertiary/aromatic N) is 3. The Morgan fingerprint density at radius 3 is 2.58 bits per heavy atom. The van der Waals surface area contributed by atoms with Gasteiger partial charge in [-0.3, -0.25) is 9.89 Å². The Kier molecular flexibility index (Phi) is 7.91. The molecule has 0 amide bonds. The molecular weight excluding hydrogens is 322 g/mol. The van der Waals surface area contributed by atoms with Crippen molar-refractivity contribution in [2.24, 2.45) is 4.99 Å². The number of hydrogen-bond donors (Lipinski definition) is 2. The van der Waals surface area contributed by atoms with Gasteiger partial charge in [-0.1, -0.05) is 30.3 Å². The van der Waals surface area contributed by atoms with Crippen LogP contribution in [0, 0.1) is 0 Å². The van der Waals surface area contributed by atoms with E-state index in [0.29, 0.717) is 6.04 Å². The standard InChI is InChI=1S/C21H37N5/c1-6-22-20(24-21(2,3)4)23-13-10-14-26-16-15-25(5)17-19(26)18-11-8-7-9-12-18/h7-9,11-12,19H,6,10,13-17H2,1-5H3,(H2,22,23,24). The van der Waals surface area contributed by atoms with Crippen molar-refractivity contribution in [1.82, 2.24) is 20.4 Å². The first-order chi connectivity index (χ1) is 12.4. The average Bonchev–Trinajstić information content (AvgIpc) is 2.59. The molecule has 1 unspecified atom stereocenters. The maximum Gasteiger partial charge on any atom is 0.191 e. The molecule has 1 saturated heterocycles. The minimum atomic E-state index is 0.0247. The predicted octanol–water partition coefficient (Wildman–Crippen LogP) is 2.72. The van der Waals surface area contributed by atoms with Crippen LogP contribution in [-0.2, 0) is 0 Å². The van der Waals surface area contributed by atoms with Crippen LogP contribution < -0.4 is 10.6 Å². The van der Waals surface area contributed by atoms with Crippen molar-refractivity contribution in [2.45, 2.75) is 45.7 Å². The molecule has 1 aliphatic rings. The van der Waals surface area contributed by atoms with Crippen LogP contribution in [0.15, 0.2) is 35.3 Å². The van der Waals surface area contributed by atoms with E-state index in [2.05, 4.69) is 85.5 Å². The van der Waals surface area contributed by atoms with Gasteiger partial charge in [0.25, 0.3) is 0 Å². The van der Waals surface area contributed by atoms with E-state index >= 15 is 0 Å². The number of likely N-dealkylation sites (N-methyl/N-ethyl adjacent to an activating group) is 1. The first-order valence-corrected chi connectivity index (χ1v) is 9.93. The molecule has 1 aromatic rings. The molecule has 0 saturated carbocycles. The summed E-state index contributed by atoms with van der Waals surface area (Å²) in [7, 11) is 2.22. The third-order valence-corrected chi connectivity index (χ3v) is 4.59. The van der Waals surface area contributed by atoms with E-state index in [9.17, 15) is 0 Å². The van der Waals surface area contributed by atoms with Gasteiger partial charge >= 0.3 is 0 Å². The van der Waals surface area contributed by atoms with Crippen LogP contribution in [0.4, 0.5) is 0 Å². The van der Waals surface area contributed by atoms with Gasteiger partial charge < -0.3 is 15.5 Å². The number of guanidine groups is 1. The number of nitrogens with one attached hydrogen (secondary N) is 2. The van der Waals surface area contributed by atoms with Crippen LogP contribution in [0.3, 0.4) is 0 Å². The second-order valence-corrected chi connectivity index (χ2v) is 8.21. The number of rotatable bonds is 6. The van der Waals surface area contributed by atoms with E-state index in [-0.39, 0.29) is 5.54 Å². The van der Waals surface area contributed by atoms with Crippen LogP contribution in [0.25, 0.3) is 0 Å². The van der Waals surface area contributed by atoms with Gasteiger partial charge in [-0.25, -0.2) is 0 Å². The SMILES string of the molecule is CCNC(=NCCCN1CCN(C)CC1c1ccccc1)NC(C)(C)C. The minimum Gasteiger partial charge on any atom is -0.357 e. The summed E-state index contributed by atoms with van der Waals surface area (Å²) in [6.45, 7) is 14.8. The highest BCUT2D eigenvalue weighted by Gasteiger charge is 2.25. The number of hydrogen-bond acceptors (Lipinski definition) is 3. The van der Waals surface area contributed by atoms with Gasteiger partial charge in [-0.05, 0) is 46.7 Å². The Labute approximate surface area is 159 Å². The molecule has 1 fully saturated rings. The van der Waals surface area contributed by atoms with Crippen LogP contribution >= 0.6 is 0 Å². The molecule has 1 heterocycles. The zero-order chi connectivity index (χ0) is 19.0. The first-order valence-electron chi connectivity index (χ1n) is 9.93. The number of piperazine rings is 1. The third-order valence-electron chi connectivity index (χ3n) is 4.59. The molecule has 0 radical (unpaired) electrons. The van der Waals surface area contributed by atoms with Crippen molar-refractivity contribution in [3.05, 3.63) is 35.9 Å². The lowest BCUT2D eigenvalue weighted by atomic mass is 10.0. The van der Waals surface area contributed by atoms with E-state index in [4.69, 9.17) is 4.99 Å². The Balaban J connectivity index is 1.90. The topological polar surface area (TPSA) is 42.9 Å². The smallest absolute Gasteiger partial charge is 0.191 e. The fourth-order valence-electron chi connectivity index (χ4n) is 3.34. The summed E-state index contributed by atoms with van der Waals surface area (Å²) >= 11 is 0. The van der Waals surface area contributed by atoms with Crippen LogP contribution in [0.2, 0.25) is 0 Å². The Hall–Kier alpha value is -1.59. The number of benzene rings is 1. The highest BCUT2D eigenvalue weighted by atomic mass is 15.3. The van der Waals surface area contributed by atoms with Crippen molar-refractivity contribution in [3.63, 3.8) is 0 Å². The fourth-order valence-corrected chi connectivity index (χ4v) is 3.34. The average molecular weight is 360 g/mol. The summed E-state index contributed by atoms with van der Waals surface area (Å²) in [6.07, 6.45) is 1.08. The molecule has 2 N–H and O–H groups in total. The molecule has 26 heavy (non-hydrogen) atoms. The molecule has 0 aromatic heterocycles. The normalized spacial score (nSPS) is 20.2. The molecule has 146 valence electrons. The van der Waals surface area contributed by atoms with Gasteiger partial charge in [0.05, 0.1) is 0 Å². The van der Waals surface area contributed by atoms with Crippen LogP contribution in [0.5, 0.6) is 0 Å². The van der Waals surface area contributed by atoms with Gasteiger partial charge in [0.15, 0.2) is 5.96 Å². The van der Waals surface area contributed by atoms with Crippen LogP contribution in [0.1, 0.15) is 45.7 Å². The maximum atomic E-state index is 4.75. The molecule has 5 heteroatoms. The fraction of sp³-hybridized carbons (Fsp3) is 0.667. The highest BCUT2D eigenvalue weighted by Crippen LogP contribution is 2.24. The third kappa shape index (κ3) is 6.96. The lowest BCUT2D eigenvalue weighted by Gasteiger charge is -2.40. The van der Waals surface area contributed by atoms with Gasteiger partial charge in [0, 0.05) is 50.8 Å². The highest BCUT2D eigenvalue weighted by molar-refractivity contribution is 5.80. The first kappa shape index (κ1) is 20.7. The van der Waals surface area contributed by atoms with Crippen molar-refractivity contribution < 1.29 is 0 Å². The summed E-state index contributed by atoms with van der Waals surface area (Å²) in [6, 6.07) is 11.4. The largest absolute Gasteiger partial charge is 0.357 e. The quantitative estimate of drug-likeness (QED) is 0.466. The Bertz CT molecular complexity index is 549. The summed E-state index contributed by atoms with van der Waals surface area (Å²) in [5.41, 5.74) is 1.45. The van der Waals surface area contributed by atoms with E-state index in [0.717, 1.165) is 51.6 Å². The molecule has 1 aliphatic heterocycles. The van der Waals surface area contributed by atoms with Crippen LogP contribution in [-0.4, -0.2) is 67.6 Å². The summed E-state index contributed by atoms with van der Waals surface area (Å²) < 4.78 is 0. The van der Waals surface area contributed by atoms with E-state index in [1.807, 2.05) is 0 Å². The van der Waals surface area contributed by atoms with Gasteiger partial charge in [0.1, 0.15) is 0 Å². The summed E-state index contributed by atoms with van der Waals surface area (Å²) in [5, 5.41) is 6.79. The summed E-state index contributed by atoms with van der Waals surface area (Å²) in [5.74, 6) is 0.915. The van der Waals surface area contributed by atoms with Crippen molar-refractivity contribution in [1.29, 1.82) is 0 Å². The van der Waals surface area contributed by atoms with Gasteiger partial charge in [0.2, 0.25) is 0 Å². The second-order valence-electron chi connectivity index (χ2n) is 8.21. The molecule has 0 bridgehead atoms. The van der Waals surface area contributed by atoms with E-state index in [1.165, 1.54) is 5.56 Å². The number of aliphatic imine (C=N–C) groups is 1. The zero-order valence-corrected chi connectivity index (χ0v) is 17.3. The van der Waals surface area contributed by atoms with Crippen molar-refractivity contribution >= 4 is 5.96 Å². The van der Waals surface area contributed by atoms with E-state index < -0.39 is 0 Å². The molecule has 1 aromatic carbocycles. The van der Waals surface area contributed by atoms with E-state index in [1.54, 1.807) is 0 Å². The molecule has 1 atom stereocenters. The molecule has 5 nitrogen and oxygen atoms in total. The van der Waals surface area contributed by atoms with Gasteiger partial charge in [-0.15, -0.1) is 0 Å². The Morgan fingerprint density at radius 2 is 1.92 bits per heavy atom. The molecular formula is C21H37N5. The zero-order valence-electron chi connectivity index (χ0n) is 17.3.